The molecule has 18 heavy (non-hydrogen) atoms. The molecule has 2 heterocycles. The summed E-state index contributed by atoms with van der Waals surface area (Å²) in [6, 6.07) is 8.57. The van der Waals surface area contributed by atoms with Crippen LogP contribution in [0, 0.1) is 0 Å². The van der Waals surface area contributed by atoms with Crippen molar-refractivity contribution in [1.82, 2.24) is 0 Å². The zero-order valence-electron chi connectivity index (χ0n) is 9.25. The van der Waals surface area contributed by atoms with Gasteiger partial charge in [-0.1, -0.05) is 45.7 Å². The predicted molar refractivity (Wildman–Crippen MR) is 82.7 cm³/mol. The van der Waals surface area contributed by atoms with Crippen LogP contribution in [-0.4, -0.2) is 0 Å². The van der Waals surface area contributed by atoms with Gasteiger partial charge >= 0.3 is 0 Å². The molecule has 1 aliphatic rings. The van der Waals surface area contributed by atoms with Gasteiger partial charge in [-0.05, 0) is 38.7 Å². The van der Waals surface area contributed by atoms with Crippen LogP contribution >= 0.6 is 54.8 Å². The number of alkyl halides is 1. The molecule has 1 atom stereocenters. The Morgan fingerprint density at radius 3 is 2.72 bits per heavy atom. The van der Waals surface area contributed by atoms with Crippen molar-refractivity contribution in [1.29, 1.82) is 0 Å². The number of thiophene rings is 1. The SMILES string of the molecule is Clc1sc(C(Br)c2ccc3c(c2)COC3)cc1Br. The van der Waals surface area contributed by atoms with Crippen LogP contribution in [-0.2, 0) is 18.0 Å². The van der Waals surface area contributed by atoms with Gasteiger partial charge in [0.1, 0.15) is 4.34 Å². The first-order valence-corrected chi connectivity index (χ1v) is 8.33. The highest BCUT2D eigenvalue weighted by molar-refractivity contribution is 9.10. The Labute approximate surface area is 131 Å². The molecular weight excluding hydrogens is 399 g/mol. The first-order chi connectivity index (χ1) is 8.65. The third kappa shape index (κ3) is 2.41. The van der Waals surface area contributed by atoms with Crippen LogP contribution in [0.15, 0.2) is 28.7 Å². The van der Waals surface area contributed by atoms with E-state index in [1.165, 1.54) is 21.6 Å². The van der Waals surface area contributed by atoms with Crippen LogP contribution in [0.1, 0.15) is 26.4 Å². The fourth-order valence-electron chi connectivity index (χ4n) is 2.00. The molecule has 0 bridgehead atoms. The average Bonchev–Trinajstić information content (AvgIpc) is 2.95. The molecule has 1 aliphatic heterocycles. The van der Waals surface area contributed by atoms with Crippen molar-refractivity contribution in [3.05, 3.63) is 54.6 Å². The normalized spacial score (nSPS) is 15.7. The number of halogens is 3. The van der Waals surface area contributed by atoms with E-state index in [1.54, 1.807) is 11.3 Å². The second-order valence-electron chi connectivity index (χ2n) is 4.15. The van der Waals surface area contributed by atoms with E-state index in [-0.39, 0.29) is 4.83 Å². The molecule has 0 radical (unpaired) electrons. The molecule has 0 spiro atoms. The van der Waals surface area contributed by atoms with E-state index >= 15 is 0 Å². The Hall–Kier alpha value is 0.130. The van der Waals surface area contributed by atoms with Gasteiger partial charge < -0.3 is 4.74 Å². The van der Waals surface area contributed by atoms with E-state index in [2.05, 4.69) is 56.1 Å². The Morgan fingerprint density at radius 1 is 1.22 bits per heavy atom. The van der Waals surface area contributed by atoms with Crippen LogP contribution < -0.4 is 0 Å². The molecule has 1 unspecified atom stereocenters. The highest BCUT2D eigenvalue weighted by atomic mass is 79.9. The summed E-state index contributed by atoms with van der Waals surface area (Å²) in [4.78, 5) is 1.38. The second-order valence-corrected chi connectivity index (χ2v) is 7.61. The summed E-state index contributed by atoms with van der Waals surface area (Å²) in [7, 11) is 0. The van der Waals surface area contributed by atoms with Crippen molar-refractivity contribution in [2.24, 2.45) is 0 Å². The minimum atomic E-state index is 0.178. The first-order valence-electron chi connectivity index (χ1n) is 5.43. The van der Waals surface area contributed by atoms with Gasteiger partial charge in [-0.25, -0.2) is 0 Å². The molecule has 5 heteroatoms. The Morgan fingerprint density at radius 2 is 2.00 bits per heavy atom. The van der Waals surface area contributed by atoms with E-state index in [0.29, 0.717) is 0 Å². The van der Waals surface area contributed by atoms with Crippen LogP contribution in [0.4, 0.5) is 0 Å². The van der Waals surface area contributed by atoms with Crippen LogP contribution in [0.25, 0.3) is 0 Å². The maximum Gasteiger partial charge on any atom is 0.107 e. The summed E-state index contributed by atoms with van der Waals surface area (Å²) >= 11 is 14.9. The Balaban J connectivity index is 1.94. The van der Waals surface area contributed by atoms with E-state index in [4.69, 9.17) is 16.3 Å². The van der Waals surface area contributed by atoms with Gasteiger partial charge in [0.15, 0.2) is 0 Å². The molecule has 0 saturated carbocycles. The number of fused-ring (bicyclic) bond motifs is 1. The van der Waals surface area contributed by atoms with Crippen molar-refractivity contribution in [3.63, 3.8) is 0 Å². The molecule has 1 aromatic heterocycles. The maximum atomic E-state index is 6.09. The number of ether oxygens (including phenoxy) is 1. The summed E-state index contributed by atoms with van der Waals surface area (Å²) in [5, 5.41) is 0. The monoisotopic (exact) mass is 406 g/mol. The largest absolute Gasteiger partial charge is 0.372 e. The number of benzene rings is 1. The lowest BCUT2D eigenvalue weighted by molar-refractivity contribution is 0.134. The van der Waals surface area contributed by atoms with Gasteiger partial charge in [-0.2, -0.15) is 0 Å². The molecular formula is C13H9Br2ClOS. The van der Waals surface area contributed by atoms with Crippen molar-refractivity contribution in [3.8, 4) is 0 Å². The zero-order valence-corrected chi connectivity index (χ0v) is 14.0. The molecule has 0 saturated heterocycles. The summed E-state index contributed by atoms with van der Waals surface area (Å²) in [5.74, 6) is 0. The molecule has 0 aliphatic carbocycles. The highest BCUT2D eigenvalue weighted by Crippen LogP contribution is 2.41. The molecule has 0 N–H and O–H groups in total. The maximum absolute atomic E-state index is 6.09. The minimum absolute atomic E-state index is 0.178. The first kappa shape index (κ1) is 13.1. The van der Waals surface area contributed by atoms with E-state index < -0.39 is 0 Å². The quantitative estimate of drug-likeness (QED) is 0.581. The van der Waals surface area contributed by atoms with E-state index in [1.807, 2.05) is 0 Å². The minimum Gasteiger partial charge on any atom is -0.372 e. The number of hydrogen-bond acceptors (Lipinski definition) is 2. The van der Waals surface area contributed by atoms with Crippen LogP contribution in [0.3, 0.4) is 0 Å². The topological polar surface area (TPSA) is 9.23 Å². The molecule has 94 valence electrons. The molecule has 2 aromatic rings. The van der Waals surface area contributed by atoms with Gasteiger partial charge in [0.25, 0.3) is 0 Å². The third-order valence-electron chi connectivity index (χ3n) is 2.95. The fraction of sp³-hybridized carbons (Fsp3) is 0.231. The second kappa shape index (κ2) is 5.25. The average molecular weight is 409 g/mol. The summed E-state index contributed by atoms with van der Waals surface area (Å²) in [5.41, 5.74) is 3.83. The van der Waals surface area contributed by atoms with Gasteiger partial charge in [-0.3, -0.25) is 0 Å². The zero-order chi connectivity index (χ0) is 12.7. The van der Waals surface area contributed by atoms with E-state index in [0.717, 1.165) is 22.0 Å². The molecule has 3 rings (SSSR count). The van der Waals surface area contributed by atoms with E-state index in [9.17, 15) is 0 Å². The molecule has 0 amide bonds. The number of hydrogen-bond donors (Lipinski definition) is 0. The lowest BCUT2D eigenvalue weighted by Crippen LogP contribution is -1.92. The molecule has 1 aromatic carbocycles. The van der Waals surface area contributed by atoms with Gasteiger partial charge in [-0.15, -0.1) is 11.3 Å². The van der Waals surface area contributed by atoms with Gasteiger partial charge in [0, 0.05) is 9.35 Å². The molecule has 0 fully saturated rings. The third-order valence-corrected chi connectivity index (χ3v) is 6.82. The lowest BCUT2D eigenvalue weighted by Gasteiger charge is -2.09. The van der Waals surface area contributed by atoms with Gasteiger partial charge in [0.05, 0.1) is 18.0 Å². The smallest absolute Gasteiger partial charge is 0.107 e. The Kier molecular flexibility index (Phi) is 3.83. The van der Waals surface area contributed by atoms with Crippen molar-refractivity contribution in [2.45, 2.75) is 18.0 Å². The Bertz CT molecular complexity index is 577. The fourth-order valence-corrected chi connectivity index (χ4v) is 4.44. The van der Waals surface area contributed by atoms with Gasteiger partial charge in [0.2, 0.25) is 0 Å². The summed E-state index contributed by atoms with van der Waals surface area (Å²) in [6.45, 7) is 1.46. The van der Waals surface area contributed by atoms with Crippen molar-refractivity contribution in [2.75, 3.05) is 0 Å². The van der Waals surface area contributed by atoms with Crippen LogP contribution in [0.5, 0.6) is 0 Å². The highest BCUT2D eigenvalue weighted by Gasteiger charge is 2.18. The number of rotatable bonds is 2. The van der Waals surface area contributed by atoms with Crippen molar-refractivity contribution < 1.29 is 4.74 Å². The lowest BCUT2D eigenvalue weighted by atomic mass is 10.0. The molecule has 1 nitrogen and oxygen atoms in total. The summed E-state index contributed by atoms with van der Waals surface area (Å²) in [6.07, 6.45) is 0. The standard InChI is InChI=1S/C13H9Br2ClOS/c14-10-4-11(18-13(10)16)12(15)7-1-2-8-5-17-6-9(8)3-7/h1-4,12H,5-6H2. The van der Waals surface area contributed by atoms with Crippen LogP contribution in [0.2, 0.25) is 4.34 Å². The summed E-state index contributed by atoms with van der Waals surface area (Å²) < 4.78 is 7.18. The predicted octanol–water partition coefficient (Wildman–Crippen LogP) is 5.68. The van der Waals surface area contributed by atoms with Crippen molar-refractivity contribution >= 4 is 54.8 Å².